The maximum Gasteiger partial charge on any atom is 0.272 e. The van der Waals surface area contributed by atoms with E-state index in [4.69, 9.17) is 0 Å². The fourth-order valence-electron chi connectivity index (χ4n) is 2.02. The van der Waals surface area contributed by atoms with Gasteiger partial charge in [0.05, 0.1) is 11.7 Å². The van der Waals surface area contributed by atoms with Crippen molar-refractivity contribution in [3.8, 4) is 0 Å². The Kier molecular flexibility index (Phi) is 2.96. The molecule has 88 valence electrons. The smallest absolute Gasteiger partial charge is 0.272 e. The molecule has 0 aromatic carbocycles. The van der Waals surface area contributed by atoms with Gasteiger partial charge in [0, 0.05) is 26.7 Å². The molecule has 1 saturated heterocycles. The van der Waals surface area contributed by atoms with Crippen molar-refractivity contribution in [2.24, 2.45) is 7.05 Å². The second-order valence-corrected chi connectivity index (χ2v) is 4.20. The van der Waals surface area contributed by atoms with E-state index in [0.29, 0.717) is 11.7 Å². The van der Waals surface area contributed by atoms with Gasteiger partial charge in [0.2, 0.25) is 0 Å². The summed E-state index contributed by atoms with van der Waals surface area (Å²) in [5.41, 5.74) is 1.56. The zero-order valence-electron chi connectivity index (χ0n) is 10.0. The van der Waals surface area contributed by atoms with E-state index in [0.717, 1.165) is 25.3 Å². The first kappa shape index (κ1) is 11.1. The van der Waals surface area contributed by atoms with Crippen molar-refractivity contribution < 1.29 is 4.79 Å². The van der Waals surface area contributed by atoms with Crippen LogP contribution < -0.4 is 5.32 Å². The largest absolute Gasteiger partial charge is 0.332 e. The lowest BCUT2D eigenvalue weighted by Gasteiger charge is -2.37. The number of carbonyl (C=O) groups excluding carboxylic acids is 1. The number of hydrogen-bond donors (Lipinski definition) is 1. The molecule has 1 amide bonds. The second-order valence-electron chi connectivity index (χ2n) is 4.20. The summed E-state index contributed by atoms with van der Waals surface area (Å²) in [6.45, 7) is 6.46. The lowest BCUT2D eigenvalue weighted by atomic mass is 10.1. The summed E-state index contributed by atoms with van der Waals surface area (Å²) in [7, 11) is 1.81. The highest BCUT2D eigenvalue weighted by Crippen LogP contribution is 2.11. The van der Waals surface area contributed by atoms with Gasteiger partial charge >= 0.3 is 0 Å². The molecule has 2 heterocycles. The lowest BCUT2D eigenvalue weighted by molar-refractivity contribution is 0.0619. The third kappa shape index (κ3) is 1.82. The van der Waals surface area contributed by atoms with Crippen molar-refractivity contribution in [3.63, 3.8) is 0 Å². The van der Waals surface area contributed by atoms with Crippen molar-refractivity contribution in [2.45, 2.75) is 19.9 Å². The van der Waals surface area contributed by atoms with Crippen LogP contribution in [0.1, 0.15) is 23.1 Å². The number of likely N-dealkylation sites (N-methyl/N-ethyl adjacent to an activating group) is 1. The van der Waals surface area contributed by atoms with Crippen LogP contribution in [0.2, 0.25) is 0 Å². The second kappa shape index (κ2) is 4.25. The highest BCUT2D eigenvalue weighted by molar-refractivity contribution is 5.93. The molecule has 1 N–H and O–H groups in total. The van der Waals surface area contributed by atoms with Crippen LogP contribution in [0.15, 0.2) is 6.07 Å². The minimum Gasteiger partial charge on any atom is -0.332 e. The summed E-state index contributed by atoms with van der Waals surface area (Å²) >= 11 is 0. The van der Waals surface area contributed by atoms with Crippen LogP contribution in [0.3, 0.4) is 0 Å². The van der Waals surface area contributed by atoms with Crippen molar-refractivity contribution in [1.82, 2.24) is 20.0 Å². The molecular weight excluding hydrogens is 204 g/mol. The van der Waals surface area contributed by atoms with Crippen LogP contribution in [0.5, 0.6) is 0 Å². The van der Waals surface area contributed by atoms with Crippen LogP contribution in [-0.2, 0) is 7.05 Å². The zero-order valence-corrected chi connectivity index (χ0v) is 10.0. The van der Waals surface area contributed by atoms with E-state index in [2.05, 4.69) is 10.4 Å². The molecule has 1 aromatic heterocycles. The first-order chi connectivity index (χ1) is 7.63. The molecule has 0 unspecified atom stereocenters. The van der Waals surface area contributed by atoms with Gasteiger partial charge in [0.1, 0.15) is 5.69 Å². The topological polar surface area (TPSA) is 50.2 Å². The Hall–Kier alpha value is -1.36. The third-order valence-electron chi connectivity index (χ3n) is 3.02. The summed E-state index contributed by atoms with van der Waals surface area (Å²) in [5.74, 6) is 0.0806. The van der Waals surface area contributed by atoms with Crippen molar-refractivity contribution >= 4 is 5.91 Å². The van der Waals surface area contributed by atoms with E-state index in [-0.39, 0.29) is 5.91 Å². The van der Waals surface area contributed by atoms with Crippen LogP contribution in [0.25, 0.3) is 0 Å². The van der Waals surface area contributed by atoms with Gasteiger partial charge in [-0.25, -0.2) is 0 Å². The quantitative estimate of drug-likeness (QED) is 0.792. The highest BCUT2D eigenvalue weighted by atomic mass is 16.2. The summed E-state index contributed by atoms with van der Waals surface area (Å²) in [6, 6.07) is 2.18. The number of amides is 1. The molecule has 1 aliphatic rings. The van der Waals surface area contributed by atoms with E-state index >= 15 is 0 Å². The standard InChI is InChI=1S/C11H18N4O/c1-4-15(9-6-12-7-9)11(16)10-5-8(2)13-14(10)3/h5,9,12H,4,6-7H2,1-3H3. The lowest BCUT2D eigenvalue weighted by Crippen LogP contribution is -2.58. The normalized spacial score (nSPS) is 15.9. The maximum atomic E-state index is 12.3. The van der Waals surface area contributed by atoms with Crippen LogP contribution in [-0.4, -0.2) is 46.3 Å². The van der Waals surface area contributed by atoms with Gasteiger partial charge in [-0.2, -0.15) is 5.10 Å². The van der Waals surface area contributed by atoms with E-state index in [1.807, 2.05) is 31.9 Å². The zero-order chi connectivity index (χ0) is 11.7. The molecule has 2 rings (SSSR count). The highest BCUT2D eigenvalue weighted by Gasteiger charge is 2.29. The minimum atomic E-state index is 0.0806. The number of aryl methyl sites for hydroxylation is 2. The average molecular weight is 222 g/mol. The fraction of sp³-hybridized carbons (Fsp3) is 0.636. The molecule has 0 radical (unpaired) electrons. The molecule has 0 atom stereocenters. The summed E-state index contributed by atoms with van der Waals surface area (Å²) in [5, 5.41) is 7.39. The number of aromatic nitrogens is 2. The first-order valence-corrected chi connectivity index (χ1v) is 5.65. The number of hydrogen-bond acceptors (Lipinski definition) is 3. The summed E-state index contributed by atoms with van der Waals surface area (Å²) < 4.78 is 1.66. The molecule has 0 spiro atoms. The van der Waals surface area contributed by atoms with Crippen molar-refractivity contribution in [2.75, 3.05) is 19.6 Å². The van der Waals surface area contributed by atoms with Gasteiger partial charge in [-0.1, -0.05) is 0 Å². The predicted octanol–water partition coefficient (Wildman–Crippen LogP) is 0.162. The van der Waals surface area contributed by atoms with Crippen molar-refractivity contribution in [3.05, 3.63) is 17.5 Å². The monoisotopic (exact) mass is 222 g/mol. The Morgan fingerprint density at radius 3 is 2.75 bits per heavy atom. The molecule has 1 aromatic rings. The van der Waals surface area contributed by atoms with E-state index in [1.165, 1.54) is 0 Å². The van der Waals surface area contributed by atoms with Crippen LogP contribution in [0, 0.1) is 6.92 Å². The Morgan fingerprint density at radius 2 is 2.38 bits per heavy atom. The molecular formula is C11H18N4O. The maximum absolute atomic E-state index is 12.3. The molecule has 5 heteroatoms. The molecule has 0 saturated carbocycles. The number of nitrogens with zero attached hydrogens (tertiary/aromatic N) is 3. The van der Waals surface area contributed by atoms with Gasteiger partial charge in [-0.15, -0.1) is 0 Å². The predicted molar refractivity (Wildman–Crippen MR) is 61.3 cm³/mol. The Morgan fingerprint density at radius 1 is 1.69 bits per heavy atom. The first-order valence-electron chi connectivity index (χ1n) is 5.65. The van der Waals surface area contributed by atoms with Gasteiger partial charge in [0.15, 0.2) is 0 Å². The van der Waals surface area contributed by atoms with Gasteiger partial charge in [-0.05, 0) is 19.9 Å². The van der Waals surface area contributed by atoms with Gasteiger partial charge in [0.25, 0.3) is 5.91 Å². The van der Waals surface area contributed by atoms with Crippen LogP contribution in [0.4, 0.5) is 0 Å². The van der Waals surface area contributed by atoms with E-state index in [9.17, 15) is 4.79 Å². The Labute approximate surface area is 95.4 Å². The van der Waals surface area contributed by atoms with Crippen LogP contribution >= 0.6 is 0 Å². The SMILES string of the molecule is CCN(C(=O)c1cc(C)nn1C)C1CNC1. The van der Waals surface area contributed by atoms with Crippen molar-refractivity contribution in [1.29, 1.82) is 0 Å². The summed E-state index contributed by atoms with van der Waals surface area (Å²) in [4.78, 5) is 14.2. The molecule has 0 bridgehead atoms. The minimum absolute atomic E-state index is 0.0806. The number of carbonyl (C=O) groups is 1. The Balaban J connectivity index is 2.19. The van der Waals surface area contributed by atoms with Gasteiger partial charge < -0.3 is 10.2 Å². The fourth-order valence-corrected chi connectivity index (χ4v) is 2.02. The molecule has 1 fully saturated rings. The van der Waals surface area contributed by atoms with Gasteiger partial charge in [-0.3, -0.25) is 9.48 Å². The molecule has 0 aliphatic carbocycles. The average Bonchev–Trinajstić information content (AvgIpc) is 2.50. The molecule has 5 nitrogen and oxygen atoms in total. The van der Waals surface area contributed by atoms with E-state index < -0.39 is 0 Å². The number of rotatable bonds is 3. The Bertz CT molecular complexity index is 395. The molecule has 16 heavy (non-hydrogen) atoms. The third-order valence-corrected chi connectivity index (χ3v) is 3.02. The number of nitrogens with one attached hydrogen (secondary N) is 1. The van der Waals surface area contributed by atoms with E-state index in [1.54, 1.807) is 4.68 Å². The molecule has 1 aliphatic heterocycles. The summed E-state index contributed by atoms with van der Waals surface area (Å²) in [6.07, 6.45) is 0.